The Hall–Kier alpha value is -0.120. The molecule has 5 rings (SSSR count). The standard InChI is InChI=1S/C21H34O3/c1-20-8-3-2-4-17(20)18(22)12-14-15(20)7-9-21-13-23-10-11-24-19(21)6-5-16(14)21/h14-19,22H,2-13H2,1H3/t14-,15+,16+,17?,18+,19?,20-,21-/m1/s1. The molecule has 4 saturated carbocycles. The van der Waals surface area contributed by atoms with Crippen molar-refractivity contribution in [3.8, 4) is 0 Å². The first-order chi connectivity index (χ1) is 11.7. The predicted octanol–water partition coefficient (Wildman–Crippen LogP) is 3.79. The first-order valence-corrected chi connectivity index (χ1v) is 10.5. The van der Waals surface area contributed by atoms with Crippen LogP contribution in [0.1, 0.15) is 64.7 Å². The third-order valence-electron chi connectivity index (χ3n) is 9.14. The molecule has 3 nitrogen and oxygen atoms in total. The van der Waals surface area contributed by atoms with E-state index >= 15 is 0 Å². The third-order valence-corrected chi connectivity index (χ3v) is 9.14. The van der Waals surface area contributed by atoms with Gasteiger partial charge in [0, 0.05) is 5.41 Å². The average molecular weight is 335 g/mol. The molecule has 0 aromatic carbocycles. The van der Waals surface area contributed by atoms with Gasteiger partial charge in [-0.1, -0.05) is 19.8 Å². The van der Waals surface area contributed by atoms with Crippen LogP contribution in [0, 0.1) is 34.5 Å². The first-order valence-electron chi connectivity index (χ1n) is 10.5. The predicted molar refractivity (Wildman–Crippen MR) is 92.6 cm³/mol. The summed E-state index contributed by atoms with van der Waals surface area (Å²) in [5.74, 6) is 2.79. The number of rotatable bonds is 0. The molecule has 0 amide bonds. The van der Waals surface area contributed by atoms with Crippen LogP contribution in [0.2, 0.25) is 0 Å². The van der Waals surface area contributed by atoms with E-state index in [1.165, 1.54) is 51.4 Å². The quantitative estimate of drug-likeness (QED) is 0.732. The lowest BCUT2D eigenvalue weighted by Gasteiger charge is -2.61. The second-order valence-electron chi connectivity index (χ2n) is 9.80. The van der Waals surface area contributed by atoms with Crippen LogP contribution in [-0.4, -0.2) is 37.1 Å². The molecule has 5 aliphatic rings. The van der Waals surface area contributed by atoms with Crippen molar-refractivity contribution in [3.63, 3.8) is 0 Å². The van der Waals surface area contributed by atoms with E-state index in [-0.39, 0.29) is 11.5 Å². The molecule has 5 fully saturated rings. The monoisotopic (exact) mass is 334 g/mol. The average Bonchev–Trinajstić information content (AvgIpc) is 2.82. The van der Waals surface area contributed by atoms with Gasteiger partial charge in [0.15, 0.2) is 0 Å². The van der Waals surface area contributed by atoms with Gasteiger partial charge >= 0.3 is 0 Å². The summed E-state index contributed by atoms with van der Waals surface area (Å²) in [5, 5.41) is 11.0. The topological polar surface area (TPSA) is 38.7 Å². The van der Waals surface area contributed by atoms with Gasteiger partial charge in [-0.15, -0.1) is 0 Å². The van der Waals surface area contributed by atoms with Crippen LogP contribution < -0.4 is 0 Å². The minimum absolute atomic E-state index is 0.0710. The second-order valence-corrected chi connectivity index (χ2v) is 9.80. The zero-order valence-corrected chi connectivity index (χ0v) is 15.2. The zero-order chi connectivity index (χ0) is 16.4. The molecule has 1 N–H and O–H groups in total. The molecule has 3 heteroatoms. The van der Waals surface area contributed by atoms with Gasteiger partial charge in [-0.25, -0.2) is 0 Å². The van der Waals surface area contributed by atoms with Crippen molar-refractivity contribution in [1.82, 2.24) is 0 Å². The normalized spacial score (nSPS) is 57.2. The Morgan fingerprint density at radius 1 is 0.917 bits per heavy atom. The molecule has 0 aromatic heterocycles. The van der Waals surface area contributed by atoms with Crippen LogP contribution in [0.25, 0.3) is 0 Å². The summed E-state index contributed by atoms with van der Waals surface area (Å²) < 4.78 is 12.3. The molecule has 0 bridgehead atoms. The van der Waals surface area contributed by atoms with Gasteiger partial charge in [-0.3, -0.25) is 0 Å². The van der Waals surface area contributed by atoms with Gasteiger partial charge in [0.2, 0.25) is 0 Å². The fourth-order valence-corrected chi connectivity index (χ4v) is 8.15. The minimum Gasteiger partial charge on any atom is -0.393 e. The lowest BCUT2D eigenvalue weighted by Crippen LogP contribution is -2.58. The van der Waals surface area contributed by atoms with Crippen LogP contribution in [0.5, 0.6) is 0 Å². The van der Waals surface area contributed by atoms with Gasteiger partial charge < -0.3 is 14.6 Å². The molecule has 1 aliphatic heterocycles. The Kier molecular flexibility index (Phi) is 3.81. The summed E-state index contributed by atoms with van der Waals surface area (Å²) in [6, 6.07) is 0. The fraction of sp³-hybridized carbons (Fsp3) is 1.00. The van der Waals surface area contributed by atoms with E-state index < -0.39 is 0 Å². The minimum atomic E-state index is -0.0710. The molecule has 1 spiro atoms. The molecule has 136 valence electrons. The molecule has 1 saturated heterocycles. The van der Waals surface area contributed by atoms with Crippen LogP contribution in [0.15, 0.2) is 0 Å². The van der Waals surface area contributed by atoms with Gasteiger partial charge in [0.1, 0.15) is 0 Å². The Morgan fingerprint density at radius 2 is 1.83 bits per heavy atom. The summed E-state index contributed by atoms with van der Waals surface area (Å²) in [6.07, 6.45) is 11.8. The van der Waals surface area contributed by atoms with Crippen molar-refractivity contribution in [1.29, 1.82) is 0 Å². The van der Waals surface area contributed by atoms with Gasteiger partial charge in [0.25, 0.3) is 0 Å². The maximum absolute atomic E-state index is 11.0. The Bertz CT molecular complexity index is 493. The highest BCUT2D eigenvalue weighted by Gasteiger charge is 2.63. The van der Waals surface area contributed by atoms with E-state index in [0.717, 1.165) is 32.2 Å². The summed E-state index contributed by atoms with van der Waals surface area (Å²) >= 11 is 0. The third kappa shape index (κ3) is 2.07. The fourth-order valence-electron chi connectivity index (χ4n) is 8.15. The molecule has 0 radical (unpaired) electrons. The van der Waals surface area contributed by atoms with Crippen LogP contribution in [-0.2, 0) is 9.47 Å². The molecule has 2 unspecified atom stereocenters. The smallest absolute Gasteiger partial charge is 0.0704 e. The van der Waals surface area contributed by atoms with Crippen molar-refractivity contribution < 1.29 is 14.6 Å². The lowest BCUT2D eigenvalue weighted by molar-refractivity contribution is -0.173. The highest BCUT2D eigenvalue weighted by Crippen LogP contribution is 2.66. The van der Waals surface area contributed by atoms with Crippen molar-refractivity contribution >= 4 is 0 Å². The zero-order valence-electron chi connectivity index (χ0n) is 15.2. The van der Waals surface area contributed by atoms with Gasteiger partial charge in [0.05, 0.1) is 32.0 Å². The molecule has 1 heterocycles. The van der Waals surface area contributed by atoms with E-state index in [1.807, 2.05) is 0 Å². The molecular weight excluding hydrogens is 300 g/mol. The van der Waals surface area contributed by atoms with E-state index in [1.54, 1.807) is 0 Å². The molecule has 8 atom stereocenters. The number of ether oxygens (including phenoxy) is 2. The van der Waals surface area contributed by atoms with E-state index in [9.17, 15) is 5.11 Å². The number of hydrogen-bond donors (Lipinski definition) is 1. The Morgan fingerprint density at radius 3 is 2.75 bits per heavy atom. The maximum atomic E-state index is 11.0. The van der Waals surface area contributed by atoms with Crippen LogP contribution in [0.4, 0.5) is 0 Å². The lowest BCUT2D eigenvalue weighted by atomic mass is 9.44. The van der Waals surface area contributed by atoms with Crippen LogP contribution in [0.3, 0.4) is 0 Å². The van der Waals surface area contributed by atoms with Crippen molar-refractivity contribution in [2.75, 3.05) is 19.8 Å². The van der Waals surface area contributed by atoms with E-state index in [4.69, 9.17) is 9.47 Å². The summed E-state index contributed by atoms with van der Waals surface area (Å²) in [6.45, 7) is 4.97. The Labute approximate surface area is 146 Å². The van der Waals surface area contributed by atoms with Gasteiger partial charge in [-0.2, -0.15) is 0 Å². The summed E-state index contributed by atoms with van der Waals surface area (Å²) in [5.41, 5.74) is 0.641. The van der Waals surface area contributed by atoms with E-state index in [0.29, 0.717) is 29.3 Å². The SMILES string of the molecule is C[C@]12CCCCC1[C@@H](O)C[C@H]1[C@@H]3CCC4OCCOC[C@@]43CC[C@@H]12. The number of hydrogen-bond acceptors (Lipinski definition) is 3. The molecule has 0 aromatic rings. The molecule has 4 aliphatic carbocycles. The number of aliphatic hydroxyl groups is 1. The molecule has 24 heavy (non-hydrogen) atoms. The van der Waals surface area contributed by atoms with Crippen molar-refractivity contribution in [2.45, 2.75) is 76.9 Å². The van der Waals surface area contributed by atoms with Gasteiger partial charge in [-0.05, 0) is 74.0 Å². The number of aliphatic hydroxyl groups excluding tert-OH is 1. The highest BCUT2D eigenvalue weighted by atomic mass is 16.5. The largest absolute Gasteiger partial charge is 0.393 e. The molecular formula is C21H34O3. The first kappa shape index (κ1) is 16.1. The summed E-state index contributed by atoms with van der Waals surface area (Å²) in [4.78, 5) is 0. The van der Waals surface area contributed by atoms with Crippen molar-refractivity contribution in [3.05, 3.63) is 0 Å². The van der Waals surface area contributed by atoms with Crippen molar-refractivity contribution in [2.24, 2.45) is 34.5 Å². The Balaban J connectivity index is 1.49. The van der Waals surface area contributed by atoms with E-state index in [2.05, 4.69) is 6.92 Å². The highest BCUT2D eigenvalue weighted by molar-refractivity contribution is 5.12. The maximum Gasteiger partial charge on any atom is 0.0704 e. The van der Waals surface area contributed by atoms with Crippen LogP contribution >= 0.6 is 0 Å². The number of fused-ring (bicyclic) bond motifs is 4. The summed E-state index contributed by atoms with van der Waals surface area (Å²) in [7, 11) is 0. The second kappa shape index (κ2) is 5.69.